The molecule has 7 nitrogen and oxygen atoms in total. The molecule has 0 spiro atoms. The zero-order chi connectivity index (χ0) is 26.1. The molecular formula is C29H32ClNO6. The smallest absolute Gasteiger partial charge is 0.291 e. The molecule has 2 aromatic carbocycles. The van der Waals surface area contributed by atoms with Crippen molar-refractivity contribution in [3.63, 3.8) is 0 Å². The molecule has 196 valence electrons. The van der Waals surface area contributed by atoms with Crippen LogP contribution in [0.15, 0.2) is 45.6 Å². The fourth-order valence-corrected chi connectivity index (χ4v) is 5.19. The Balaban J connectivity index is 1.61. The summed E-state index contributed by atoms with van der Waals surface area (Å²) in [5.74, 6) is 1.48. The van der Waals surface area contributed by atoms with Gasteiger partial charge in [-0.15, -0.1) is 0 Å². The molecule has 8 heteroatoms. The second-order valence-electron chi connectivity index (χ2n) is 9.98. The Bertz CT molecular complexity index is 1360. The standard InChI is InChI=1S/C29H32ClNO6/c1-4-34-24-14-18(7-9-23(24)36-13-11-17(2)3)26-25-27(32)21-15-19(30)8-10-22(21)37-28(25)29(33)31(26)16-20-6-5-12-35-20/h7-10,14-15,17,20,26H,4-6,11-13,16H2,1-3H3. The number of ether oxygens (including phenoxy) is 3. The minimum atomic E-state index is -0.643. The van der Waals surface area contributed by atoms with Crippen molar-refractivity contribution >= 4 is 28.5 Å². The van der Waals surface area contributed by atoms with Gasteiger partial charge >= 0.3 is 0 Å². The van der Waals surface area contributed by atoms with Crippen LogP contribution in [-0.4, -0.2) is 43.3 Å². The average molecular weight is 526 g/mol. The number of amides is 1. The summed E-state index contributed by atoms with van der Waals surface area (Å²) in [5, 5.41) is 0.778. The Morgan fingerprint density at radius 3 is 2.68 bits per heavy atom. The predicted octanol–water partition coefficient (Wildman–Crippen LogP) is 5.99. The molecule has 37 heavy (non-hydrogen) atoms. The van der Waals surface area contributed by atoms with Gasteiger partial charge in [0.15, 0.2) is 16.9 Å². The van der Waals surface area contributed by atoms with Crippen LogP contribution in [0.1, 0.15) is 67.8 Å². The van der Waals surface area contributed by atoms with Crippen molar-refractivity contribution in [2.75, 3.05) is 26.4 Å². The monoisotopic (exact) mass is 525 g/mol. The summed E-state index contributed by atoms with van der Waals surface area (Å²) in [6.45, 7) is 8.26. The van der Waals surface area contributed by atoms with E-state index in [4.69, 9.17) is 30.2 Å². The van der Waals surface area contributed by atoms with Gasteiger partial charge in [0, 0.05) is 18.2 Å². The normalized spacial score (nSPS) is 19.2. The van der Waals surface area contributed by atoms with E-state index in [9.17, 15) is 9.59 Å². The molecule has 0 N–H and O–H groups in total. The van der Waals surface area contributed by atoms with E-state index in [2.05, 4.69) is 13.8 Å². The number of halogens is 1. The van der Waals surface area contributed by atoms with Crippen LogP contribution in [0.4, 0.5) is 0 Å². The minimum absolute atomic E-state index is 0.0676. The van der Waals surface area contributed by atoms with Crippen LogP contribution in [0, 0.1) is 5.92 Å². The summed E-state index contributed by atoms with van der Waals surface area (Å²) in [6.07, 6.45) is 2.63. The number of carbonyl (C=O) groups is 1. The van der Waals surface area contributed by atoms with Gasteiger partial charge < -0.3 is 23.5 Å². The van der Waals surface area contributed by atoms with Crippen molar-refractivity contribution in [1.82, 2.24) is 4.90 Å². The average Bonchev–Trinajstić information content (AvgIpc) is 3.48. The number of rotatable bonds is 9. The van der Waals surface area contributed by atoms with Crippen LogP contribution in [0.5, 0.6) is 11.5 Å². The SMILES string of the molecule is CCOc1cc(C2c3c(oc4ccc(Cl)cc4c3=O)C(=O)N2CC2CCCO2)ccc1OCCC(C)C. The lowest BCUT2D eigenvalue weighted by atomic mass is 9.97. The lowest BCUT2D eigenvalue weighted by Crippen LogP contribution is -2.36. The van der Waals surface area contributed by atoms with Crippen molar-refractivity contribution in [1.29, 1.82) is 0 Å². The first-order valence-corrected chi connectivity index (χ1v) is 13.3. The molecule has 1 aromatic heterocycles. The number of nitrogens with zero attached hydrogens (tertiary/aromatic N) is 1. The lowest BCUT2D eigenvalue weighted by Gasteiger charge is -2.28. The summed E-state index contributed by atoms with van der Waals surface area (Å²) in [6, 6.07) is 9.83. The Labute approximate surface area is 221 Å². The zero-order valence-corrected chi connectivity index (χ0v) is 22.2. The number of fused-ring (bicyclic) bond motifs is 2. The summed E-state index contributed by atoms with van der Waals surface area (Å²) in [7, 11) is 0. The molecule has 0 saturated carbocycles. The van der Waals surface area contributed by atoms with Crippen molar-refractivity contribution in [2.24, 2.45) is 5.92 Å². The molecule has 1 fully saturated rings. The highest BCUT2D eigenvalue weighted by molar-refractivity contribution is 6.31. The van der Waals surface area contributed by atoms with Gasteiger partial charge in [0.25, 0.3) is 5.91 Å². The first-order valence-electron chi connectivity index (χ1n) is 13.0. The Hall–Kier alpha value is -3.03. The van der Waals surface area contributed by atoms with Crippen molar-refractivity contribution < 1.29 is 23.4 Å². The first-order chi connectivity index (χ1) is 17.9. The van der Waals surface area contributed by atoms with Gasteiger partial charge in [0.05, 0.1) is 36.3 Å². The predicted molar refractivity (Wildman–Crippen MR) is 142 cm³/mol. The molecule has 5 rings (SSSR count). The molecule has 0 radical (unpaired) electrons. The van der Waals surface area contributed by atoms with Gasteiger partial charge in [-0.2, -0.15) is 0 Å². The highest BCUT2D eigenvalue weighted by Gasteiger charge is 2.44. The largest absolute Gasteiger partial charge is 0.490 e. The van der Waals surface area contributed by atoms with E-state index in [-0.39, 0.29) is 23.2 Å². The zero-order valence-electron chi connectivity index (χ0n) is 21.4. The summed E-state index contributed by atoms with van der Waals surface area (Å²) in [5.41, 5.74) is 1.14. The molecule has 1 amide bonds. The highest BCUT2D eigenvalue weighted by Crippen LogP contribution is 2.41. The van der Waals surface area contributed by atoms with E-state index >= 15 is 0 Å². The summed E-state index contributed by atoms with van der Waals surface area (Å²) in [4.78, 5) is 29.1. The third-order valence-electron chi connectivity index (χ3n) is 6.89. The van der Waals surface area contributed by atoms with Crippen LogP contribution in [-0.2, 0) is 4.74 Å². The Morgan fingerprint density at radius 2 is 1.95 bits per heavy atom. The van der Waals surface area contributed by atoms with Crippen LogP contribution in [0.2, 0.25) is 5.02 Å². The topological polar surface area (TPSA) is 78.2 Å². The first kappa shape index (κ1) is 25.6. The maximum atomic E-state index is 13.8. The molecule has 3 heterocycles. The van der Waals surface area contributed by atoms with Crippen LogP contribution in [0.25, 0.3) is 11.0 Å². The second-order valence-corrected chi connectivity index (χ2v) is 10.4. The minimum Gasteiger partial charge on any atom is -0.490 e. The summed E-state index contributed by atoms with van der Waals surface area (Å²) >= 11 is 6.19. The third-order valence-corrected chi connectivity index (χ3v) is 7.12. The van der Waals surface area contributed by atoms with Crippen molar-refractivity contribution in [3.8, 4) is 11.5 Å². The second kappa shape index (κ2) is 10.8. The van der Waals surface area contributed by atoms with E-state index in [1.807, 2.05) is 25.1 Å². The lowest BCUT2D eigenvalue weighted by molar-refractivity contribution is 0.0486. The van der Waals surface area contributed by atoms with Crippen molar-refractivity contribution in [3.05, 3.63) is 68.5 Å². The molecule has 2 unspecified atom stereocenters. The molecule has 3 aromatic rings. The molecule has 2 aliphatic rings. The van der Waals surface area contributed by atoms with E-state index in [0.717, 1.165) is 24.8 Å². The van der Waals surface area contributed by atoms with Gasteiger partial charge in [-0.1, -0.05) is 31.5 Å². The molecule has 1 saturated heterocycles. The van der Waals surface area contributed by atoms with E-state index in [0.29, 0.717) is 65.3 Å². The maximum absolute atomic E-state index is 13.8. The van der Waals surface area contributed by atoms with E-state index < -0.39 is 6.04 Å². The van der Waals surface area contributed by atoms with E-state index in [1.165, 1.54) is 0 Å². The van der Waals surface area contributed by atoms with Gasteiger partial charge in [0.2, 0.25) is 5.76 Å². The number of hydrogen-bond acceptors (Lipinski definition) is 6. The highest BCUT2D eigenvalue weighted by atomic mass is 35.5. The van der Waals surface area contributed by atoms with Crippen molar-refractivity contribution in [2.45, 2.75) is 52.2 Å². The molecule has 2 atom stereocenters. The number of carbonyl (C=O) groups excluding carboxylic acids is 1. The van der Waals surface area contributed by atoms with Gasteiger partial charge in [-0.25, -0.2) is 0 Å². The molecule has 2 aliphatic heterocycles. The quantitative estimate of drug-likeness (QED) is 0.341. The van der Waals surface area contributed by atoms with Crippen LogP contribution < -0.4 is 14.9 Å². The Morgan fingerprint density at radius 1 is 1.11 bits per heavy atom. The van der Waals surface area contributed by atoms with Gasteiger partial charge in [0.1, 0.15) is 5.58 Å². The van der Waals surface area contributed by atoms with Gasteiger partial charge in [-0.05, 0) is 68.0 Å². The number of benzene rings is 2. The third kappa shape index (κ3) is 5.07. The van der Waals surface area contributed by atoms with Gasteiger partial charge in [-0.3, -0.25) is 9.59 Å². The molecular weight excluding hydrogens is 494 g/mol. The van der Waals surface area contributed by atoms with Crippen LogP contribution >= 0.6 is 11.6 Å². The molecule has 0 bridgehead atoms. The van der Waals surface area contributed by atoms with E-state index in [1.54, 1.807) is 23.1 Å². The Kier molecular flexibility index (Phi) is 7.45. The fourth-order valence-electron chi connectivity index (χ4n) is 5.02. The summed E-state index contributed by atoms with van der Waals surface area (Å²) < 4.78 is 23.8. The number of hydrogen-bond donors (Lipinski definition) is 0. The fraction of sp³-hybridized carbons (Fsp3) is 0.448. The maximum Gasteiger partial charge on any atom is 0.291 e. The molecule has 0 aliphatic carbocycles. The van der Waals surface area contributed by atoms with Crippen LogP contribution in [0.3, 0.4) is 0 Å².